The molecule has 0 amide bonds. The Morgan fingerprint density at radius 3 is 2.64 bits per heavy atom. The Morgan fingerprint density at radius 1 is 1.18 bits per heavy atom. The van der Waals surface area contributed by atoms with Crippen LogP contribution in [0.4, 0.5) is 5.82 Å². The van der Waals surface area contributed by atoms with E-state index < -0.39 is 8.07 Å². The quantitative estimate of drug-likeness (QED) is 0.815. The average Bonchev–Trinajstić information content (AvgIpc) is 2.48. The number of halogens is 1. The van der Waals surface area contributed by atoms with Crippen LogP contribution in [0.5, 0.6) is 0 Å². The van der Waals surface area contributed by atoms with Crippen molar-refractivity contribution < 1.29 is 0 Å². The van der Waals surface area contributed by atoms with Gasteiger partial charge in [0.1, 0.15) is 17.2 Å². The molecule has 0 bridgehead atoms. The Balaban J connectivity index is 2.00. The maximum Gasteiger partial charge on any atom is 0.148 e. The van der Waals surface area contributed by atoms with Gasteiger partial charge in [-0.05, 0) is 18.4 Å². The fraction of sp³-hybridized carbons (Fsp3) is 0.412. The van der Waals surface area contributed by atoms with E-state index in [1.54, 1.807) is 6.33 Å². The van der Waals surface area contributed by atoms with Gasteiger partial charge in [0.25, 0.3) is 0 Å². The van der Waals surface area contributed by atoms with Crippen molar-refractivity contribution in [2.75, 3.05) is 11.9 Å². The van der Waals surface area contributed by atoms with Gasteiger partial charge in [0.05, 0.1) is 13.8 Å². The smallest absolute Gasteiger partial charge is 0.148 e. The van der Waals surface area contributed by atoms with Crippen LogP contribution in [0.15, 0.2) is 30.6 Å². The Labute approximate surface area is 139 Å². The van der Waals surface area contributed by atoms with Gasteiger partial charge in [0, 0.05) is 6.54 Å². The van der Waals surface area contributed by atoms with Crippen LogP contribution in [0, 0.1) is 0 Å². The standard InChI is InChI=1S/C17H24ClN3Si/c1-5-15-16(18)17(21-12-20-15)19-10-9-13-7-6-8-14(11-13)22(2,3)4/h6-8,11-12H,5,9-10H2,1-4H3,(H,19,20,21). The van der Waals surface area contributed by atoms with Crippen molar-refractivity contribution in [1.82, 2.24) is 9.97 Å². The van der Waals surface area contributed by atoms with Crippen LogP contribution in [0.1, 0.15) is 18.2 Å². The number of hydrogen-bond acceptors (Lipinski definition) is 3. The first-order chi connectivity index (χ1) is 10.4. The van der Waals surface area contributed by atoms with Gasteiger partial charge in [-0.25, -0.2) is 9.97 Å². The molecular weight excluding hydrogens is 310 g/mol. The Kier molecular flexibility index (Phi) is 5.59. The first kappa shape index (κ1) is 17.0. The summed E-state index contributed by atoms with van der Waals surface area (Å²) in [6, 6.07) is 8.94. The molecule has 5 heteroatoms. The molecule has 0 fully saturated rings. The lowest BCUT2D eigenvalue weighted by Crippen LogP contribution is -2.37. The second kappa shape index (κ2) is 7.25. The Hall–Kier alpha value is -1.39. The molecule has 0 atom stereocenters. The van der Waals surface area contributed by atoms with Crippen molar-refractivity contribution in [2.24, 2.45) is 0 Å². The molecule has 1 heterocycles. The van der Waals surface area contributed by atoms with Gasteiger partial charge in [-0.1, -0.05) is 67.6 Å². The summed E-state index contributed by atoms with van der Waals surface area (Å²) in [6.07, 6.45) is 3.34. The van der Waals surface area contributed by atoms with Crippen molar-refractivity contribution in [3.63, 3.8) is 0 Å². The molecule has 0 saturated heterocycles. The molecule has 1 aromatic heterocycles. The molecular formula is C17H24ClN3Si. The van der Waals surface area contributed by atoms with Crippen LogP contribution < -0.4 is 10.5 Å². The maximum atomic E-state index is 6.29. The Bertz CT molecular complexity index is 638. The molecule has 0 radical (unpaired) electrons. The van der Waals surface area contributed by atoms with E-state index in [1.165, 1.54) is 10.8 Å². The number of rotatable bonds is 6. The number of aryl methyl sites for hydroxylation is 1. The third-order valence-corrected chi connectivity index (χ3v) is 6.14. The molecule has 0 spiro atoms. The highest BCUT2D eigenvalue weighted by molar-refractivity contribution is 6.88. The van der Waals surface area contributed by atoms with Crippen LogP contribution in [-0.2, 0) is 12.8 Å². The van der Waals surface area contributed by atoms with Gasteiger partial charge in [-0.2, -0.15) is 0 Å². The van der Waals surface area contributed by atoms with Crippen LogP contribution in [0.3, 0.4) is 0 Å². The normalized spacial score (nSPS) is 11.5. The molecule has 0 aliphatic carbocycles. The van der Waals surface area contributed by atoms with E-state index in [1.807, 2.05) is 6.92 Å². The van der Waals surface area contributed by atoms with E-state index in [-0.39, 0.29) is 0 Å². The van der Waals surface area contributed by atoms with Crippen LogP contribution in [0.2, 0.25) is 24.7 Å². The third kappa shape index (κ3) is 4.30. The van der Waals surface area contributed by atoms with Gasteiger partial charge in [0.2, 0.25) is 0 Å². The summed E-state index contributed by atoms with van der Waals surface area (Å²) < 4.78 is 0. The van der Waals surface area contributed by atoms with Crippen LogP contribution >= 0.6 is 11.6 Å². The van der Waals surface area contributed by atoms with Gasteiger partial charge >= 0.3 is 0 Å². The summed E-state index contributed by atoms with van der Waals surface area (Å²) in [5, 5.41) is 5.46. The Morgan fingerprint density at radius 2 is 1.95 bits per heavy atom. The van der Waals surface area contributed by atoms with E-state index in [0.29, 0.717) is 5.02 Å². The lowest BCUT2D eigenvalue weighted by molar-refractivity contribution is 0.968. The second-order valence-corrected chi connectivity index (χ2v) is 11.9. The lowest BCUT2D eigenvalue weighted by Gasteiger charge is -2.17. The summed E-state index contributed by atoms with van der Waals surface area (Å²) in [5.74, 6) is 0.731. The molecule has 1 N–H and O–H groups in total. The van der Waals surface area contributed by atoms with E-state index in [4.69, 9.17) is 11.6 Å². The zero-order valence-corrected chi connectivity index (χ0v) is 15.5. The molecule has 22 heavy (non-hydrogen) atoms. The molecule has 0 saturated carbocycles. The van der Waals surface area contributed by atoms with Gasteiger partial charge < -0.3 is 5.32 Å². The van der Waals surface area contributed by atoms with Gasteiger partial charge in [0.15, 0.2) is 0 Å². The van der Waals surface area contributed by atoms with E-state index in [9.17, 15) is 0 Å². The van der Waals surface area contributed by atoms with E-state index >= 15 is 0 Å². The fourth-order valence-corrected chi connectivity index (χ4v) is 3.81. The SMILES string of the molecule is CCc1ncnc(NCCc2cccc([Si](C)(C)C)c2)c1Cl. The highest BCUT2D eigenvalue weighted by Gasteiger charge is 2.16. The van der Waals surface area contributed by atoms with E-state index in [2.05, 4.69) is 59.2 Å². The number of benzene rings is 1. The topological polar surface area (TPSA) is 37.8 Å². The van der Waals surface area contributed by atoms with Crippen LogP contribution in [0.25, 0.3) is 0 Å². The minimum Gasteiger partial charge on any atom is -0.368 e. The predicted molar refractivity (Wildman–Crippen MR) is 98.0 cm³/mol. The van der Waals surface area contributed by atoms with E-state index in [0.717, 1.165) is 30.9 Å². The highest BCUT2D eigenvalue weighted by atomic mass is 35.5. The molecule has 2 aromatic rings. The summed E-state index contributed by atoms with van der Waals surface area (Å²) in [4.78, 5) is 8.41. The van der Waals surface area contributed by atoms with Crippen LogP contribution in [-0.4, -0.2) is 24.6 Å². The predicted octanol–water partition coefficient (Wildman–Crippen LogP) is 3.89. The first-order valence-corrected chi connectivity index (χ1v) is 11.6. The summed E-state index contributed by atoms with van der Waals surface area (Å²) in [6.45, 7) is 9.97. The molecule has 2 rings (SSSR count). The minimum atomic E-state index is -1.25. The summed E-state index contributed by atoms with van der Waals surface area (Å²) in [5.41, 5.74) is 2.24. The summed E-state index contributed by atoms with van der Waals surface area (Å²) >= 11 is 6.29. The van der Waals surface area contributed by atoms with Crippen molar-refractivity contribution in [1.29, 1.82) is 0 Å². The van der Waals surface area contributed by atoms with Crippen molar-refractivity contribution in [3.8, 4) is 0 Å². The fourth-order valence-electron chi connectivity index (χ4n) is 2.29. The first-order valence-electron chi connectivity index (χ1n) is 7.74. The molecule has 1 aromatic carbocycles. The molecule has 0 aliphatic rings. The number of anilines is 1. The lowest BCUT2D eigenvalue weighted by atomic mass is 10.1. The van der Waals surface area contributed by atoms with Gasteiger partial charge in [-0.3, -0.25) is 0 Å². The molecule has 118 valence electrons. The molecule has 0 unspecified atom stereocenters. The zero-order valence-electron chi connectivity index (χ0n) is 13.8. The molecule has 3 nitrogen and oxygen atoms in total. The van der Waals surface area contributed by atoms with Crippen molar-refractivity contribution >= 4 is 30.7 Å². The van der Waals surface area contributed by atoms with Crippen molar-refractivity contribution in [2.45, 2.75) is 39.4 Å². The molecule has 0 aliphatic heterocycles. The second-order valence-electron chi connectivity index (χ2n) is 6.46. The minimum absolute atomic E-state index is 0.640. The average molecular weight is 334 g/mol. The number of nitrogens with zero attached hydrogens (tertiary/aromatic N) is 2. The number of nitrogens with one attached hydrogen (secondary N) is 1. The summed E-state index contributed by atoms with van der Waals surface area (Å²) in [7, 11) is -1.25. The monoisotopic (exact) mass is 333 g/mol. The third-order valence-electron chi connectivity index (χ3n) is 3.70. The highest BCUT2D eigenvalue weighted by Crippen LogP contribution is 2.21. The number of hydrogen-bond donors (Lipinski definition) is 1. The maximum absolute atomic E-state index is 6.29. The largest absolute Gasteiger partial charge is 0.368 e. The van der Waals surface area contributed by atoms with Crippen molar-refractivity contribution in [3.05, 3.63) is 46.9 Å². The number of aromatic nitrogens is 2. The van der Waals surface area contributed by atoms with Gasteiger partial charge in [-0.15, -0.1) is 0 Å². The zero-order chi connectivity index (χ0) is 16.2.